The van der Waals surface area contributed by atoms with E-state index >= 15 is 0 Å². The smallest absolute Gasteiger partial charge is 0.410 e. The van der Waals surface area contributed by atoms with Crippen LogP contribution < -0.4 is 0 Å². The molecule has 2 aliphatic heterocycles. The second-order valence-electron chi connectivity index (χ2n) is 7.26. The molecule has 2 aromatic rings. The molecule has 0 bridgehead atoms. The van der Waals surface area contributed by atoms with Gasteiger partial charge in [-0.3, -0.25) is 4.57 Å². The number of hydrogen-bond donors (Lipinski definition) is 0. The molecule has 2 aromatic carbocycles. The Morgan fingerprint density at radius 2 is 1.82 bits per heavy atom. The molecule has 0 N–H and O–H groups in total. The summed E-state index contributed by atoms with van der Waals surface area (Å²) >= 11 is 0. The molecule has 3 atom stereocenters. The molecule has 0 saturated carbocycles. The second kappa shape index (κ2) is 7.86. The predicted octanol–water partition coefficient (Wildman–Crippen LogP) is 4.64. The molecular weight excluding hydrogens is 377 g/mol. The third-order valence-electron chi connectivity index (χ3n) is 5.73. The van der Waals surface area contributed by atoms with E-state index in [1.54, 1.807) is 4.90 Å². The van der Waals surface area contributed by atoms with Crippen LogP contribution in [-0.2, 0) is 18.3 Å². The third-order valence-corrected chi connectivity index (χ3v) is 7.90. The van der Waals surface area contributed by atoms with Crippen LogP contribution >= 0.6 is 7.60 Å². The lowest BCUT2D eigenvalue weighted by Crippen LogP contribution is -2.32. The molecule has 6 nitrogen and oxygen atoms in total. The Hall–Kier alpha value is -1.88. The molecule has 2 heterocycles. The van der Waals surface area contributed by atoms with Crippen LogP contribution in [-0.4, -0.2) is 49.6 Å². The minimum Gasteiger partial charge on any atom is -0.447 e. The molecule has 28 heavy (non-hydrogen) atoms. The minimum atomic E-state index is -3.25. The molecule has 7 heteroatoms. The maximum Gasteiger partial charge on any atom is 0.410 e. The van der Waals surface area contributed by atoms with Crippen molar-refractivity contribution < 1.29 is 23.1 Å². The molecule has 0 unspecified atom stereocenters. The van der Waals surface area contributed by atoms with Crippen molar-refractivity contribution in [2.45, 2.75) is 25.8 Å². The summed E-state index contributed by atoms with van der Waals surface area (Å²) in [6.07, 6.45) is -0.0132. The van der Waals surface area contributed by atoms with E-state index in [-0.39, 0.29) is 30.1 Å². The van der Waals surface area contributed by atoms with Crippen LogP contribution in [0.4, 0.5) is 4.79 Å². The molecule has 2 aliphatic rings. The van der Waals surface area contributed by atoms with Crippen molar-refractivity contribution in [2.24, 2.45) is 5.92 Å². The fourth-order valence-electron chi connectivity index (χ4n) is 4.59. The van der Waals surface area contributed by atoms with E-state index in [0.717, 1.165) is 10.8 Å². The number of amides is 1. The molecule has 0 aliphatic carbocycles. The molecule has 0 aromatic heterocycles. The summed E-state index contributed by atoms with van der Waals surface area (Å²) < 4.78 is 29.7. The lowest BCUT2D eigenvalue weighted by Gasteiger charge is -2.27. The molecule has 1 amide bonds. The van der Waals surface area contributed by atoms with Gasteiger partial charge in [-0.25, -0.2) is 4.79 Å². The van der Waals surface area contributed by atoms with Gasteiger partial charge < -0.3 is 18.7 Å². The van der Waals surface area contributed by atoms with E-state index < -0.39 is 7.60 Å². The number of benzene rings is 2. The Bertz CT molecular complexity index is 901. The van der Waals surface area contributed by atoms with Crippen LogP contribution in [0.15, 0.2) is 42.5 Å². The summed E-state index contributed by atoms with van der Waals surface area (Å²) in [5.41, 5.74) is 1.17. The molecule has 0 spiro atoms. The highest BCUT2D eigenvalue weighted by Crippen LogP contribution is 2.55. The SMILES string of the molecule is CCOP(=O)(C[C@@H]1[C@@H](c2cccc3ccccc23)CN2C(=O)OC[C@H]12)OCC. The lowest BCUT2D eigenvalue weighted by atomic mass is 9.84. The average Bonchev–Trinajstić information content (AvgIpc) is 3.22. The van der Waals surface area contributed by atoms with Crippen molar-refractivity contribution in [1.82, 2.24) is 4.90 Å². The summed E-state index contributed by atoms with van der Waals surface area (Å²) in [6, 6.07) is 14.4. The van der Waals surface area contributed by atoms with E-state index in [9.17, 15) is 9.36 Å². The van der Waals surface area contributed by atoms with Gasteiger partial charge in [0.2, 0.25) is 0 Å². The van der Waals surface area contributed by atoms with Gasteiger partial charge >= 0.3 is 13.7 Å². The van der Waals surface area contributed by atoms with Gasteiger partial charge in [0.05, 0.1) is 25.4 Å². The predicted molar refractivity (Wildman–Crippen MR) is 108 cm³/mol. The zero-order valence-corrected chi connectivity index (χ0v) is 17.1. The maximum atomic E-state index is 13.3. The Balaban J connectivity index is 1.74. The number of carbonyl (C=O) groups is 1. The van der Waals surface area contributed by atoms with Crippen LogP contribution in [0.2, 0.25) is 0 Å². The topological polar surface area (TPSA) is 65.1 Å². The normalized spacial score (nSPS) is 24.6. The summed E-state index contributed by atoms with van der Waals surface area (Å²) in [5.74, 6) is -0.000577. The zero-order valence-electron chi connectivity index (χ0n) is 16.2. The number of hydrogen-bond acceptors (Lipinski definition) is 5. The molecule has 0 radical (unpaired) electrons. The molecule has 4 rings (SSSR count). The van der Waals surface area contributed by atoms with Crippen molar-refractivity contribution in [3.8, 4) is 0 Å². The summed E-state index contributed by atoms with van der Waals surface area (Å²) in [5, 5.41) is 2.32. The highest BCUT2D eigenvalue weighted by molar-refractivity contribution is 7.53. The number of rotatable bonds is 7. The highest BCUT2D eigenvalue weighted by Gasteiger charge is 2.52. The number of fused-ring (bicyclic) bond motifs is 2. The van der Waals surface area contributed by atoms with Crippen LogP contribution in [0.1, 0.15) is 25.3 Å². The first kappa shape index (κ1) is 19.4. The highest BCUT2D eigenvalue weighted by atomic mass is 31.2. The van der Waals surface area contributed by atoms with E-state index in [0.29, 0.717) is 26.4 Å². The fraction of sp³-hybridized carbons (Fsp3) is 0.476. The first-order chi connectivity index (χ1) is 13.6. The number of nitrogens with zero attached hydrogens (tertiary/aromatic N) is 1. The van der Waals surface area contributed by atoms with E-state index in [1.807, 2.05) is 32.0 Å². The monoisotopic (exact) mass is 403 g/mol. The molecule has 150 valence electrons. The average molecular weight is 403 g/mol. The second-order valence-corrected chi connectivity index (χ2v) is 9.37. The van der Waals surface area contributed by atoms with E-state index in [1.165, 1.54) is 5.56 Å². The van der Waals surface area contributed by atoms with Crippen LogP contribution in [0.3, 0.4) is 0 Å². The minimum absolute atomic E-state index is 0.0539. The first-order valence-corrected chi connectivity index (χ1v) is 11.6. The van der Waals surface area contributed by atoms with Crippen molar-refractivity contribution in [3.05, 3.63) is 48.0 Å². The Kier molecular flexibility index (Phi) is 5.46. The number of cyclic esters (lactones) is 1. The van der Waals surface area contributed by atoms with E-state index in [4.69, 9.17) is 13.8 Å². The largest absolute Gasteiger partial charge is 0.447 e. The van der Waals surface area contributed by atoms with Crippen LogP contribution in [0.5, 0.6) is 0 Å². The summed E-state index contributed by atoms with van der Waals surface area (Å²) in [6.45, 7) is 5.16. The van der Waals surface area contributed by atoms with Crippen molar-refractivity contribution in [1.29, 1.82) is 0 Å². The number of carbonyl (C=O) groups excluding carboxylic acids is 1. The van der Waals surface area contributed by atoms with Crippen molar-refractivity contribution >= 4 is 24.5 Å². The summed E-state index contributed by atoms with van der Waals surface area (Å²) in [4.78, 5) is 14.0. The van der Waals surface area contributed by atoms with Gasteiger partial charge in [0, 0.05) is 18.4 Å². The maximum absolute atomic E-state index is 13.3. The Morgan fingerprint density at radius 3 is 2.57 bits per heavy atom. The Morgan fingerprint density at radius 1 is 1.11 bits per heavy atom. The van der Waals surface area contributed by atoms with Gasteiger partial charge in [-0.2, -0.15) is 0 Å². The number of ether oxygens (including phenoxy) is 1. The van der Waals surface area contributed by atoms with E-state index in [2.05, 4.69) is 24.3 Å². The molecule has 2 fully saturated rings. The van der Waals surface area contributed by atoms with Crippen LogP contribution in [0, 0.1) is 5.92 Å². The fourth-order valence-corrected chi connectivity index (χ4v) is 6.68. The quantitative estimate of drug-likeness (QED) is 0.630. The van der Waals surface area contributed by atoms with Crippen molar-refractivity contribution in [3.63, 3.8) is 0 Å². The standard InChI is InChI=1S/C21H26NO5P/c1-3-26-28(24,27-4-2)14-19-18(12-22-20(19)13-25-21(22)23)17-11-7-9-15-8-5-6-10-16(15)17/h5-11,18-20H,3-4,12-14H2,1-2H3/t18-,19-,20-/m1/s1. The van der Waals surface area contributed by atoms with Gasteiger partial charge in [-0.15, -0.1) is 0 Å². The van der Waals surface area contributed by atoms with Gasteiger partial charge in [0.1, 0.15) is 6.61 Å². The molecule has 2 saturated heterocycles. The summed E-state index contributed by atoms with van der Waals surface area (Å²) in [7, 11) is -3.25. The van der Waals surface area contributed by atoms with Gasteiger partial charge in [-0.05, 0) is 30.2 Å². The lowest BCUT2D eigenvalue weighted by molar-refractivity contribution is 0.158. The zero-order chi connectivity index (χ0) is 19.7. The van der Waals surface area contributed by atoms with Crippen LogP contribution in [0.25, 0.3) is 10.8 Å². The van der Waals surface area contributed by atoms with Crippen molar-refractivity contribution in [2.75, 3.05) is 32.5 Å². The van der Waals surface area contributed by atoms with Gasteiger partial charge in [0.25, 0.3) is 0 Å². The third kappa shape index (κ3) is 3.45. The Labute approximate surface area is 165 Å². The first-order valence-electron chi connectivity index (χ1n) is 9.85. The van der Waals surface area contributed by atoms with Gasteiger partial charge in [-0.1, -0.05) is 42.5 Å². The molecular formula is C21H26NO5P. The van der Waals surface area contributed by atoms with Gasteiger partial charge in [0.15, 0.2) is 0 Å².